The van der Waals surface area contributed by atoms with Gasteiger partial charge in [-0.15, -0.1) is 4.40 Å². The Bertz CT molecular complexity index is 675. The van der Waals surface area contributed by atoms with Crippen molar-refractivity contribution in [2.45, 2.75) is 25.7 Å². The zero-order valence-corrected chi connectivity index (χ0v) is 14.4. The molecule has 1 aromatic rings. The van der Waals surface area contributed by atoms with Crippen LogP contribution < -0.4 is 0 Å². The van der Waals surface area contributed by atoms with E-state index in [0.717, 1.165) is 5.56 Å². The van der Waals surface area contributed by atoms with Gasteiger partial charge in [0, 0.05) is 6.08 Å². The molecule has 0 N–H and O–H groups in total. The maximum absolute atomic E-state index is 12.2. The highest BCUT2D eigenvalue weighted by Crippen LogP contribution is 2.15. The Labute approximate surface area is 132 Å². The molecular formula is C14H16BrNO4S. The number of hydrogen-bond acceptors (Lipinski definition) is 4. The highest BCUT2D eigenvalue weighted by Gasteiger charge is 2.15. The molecule has 1 rings (SSSR count). The summed E-state index contributed by atoms with van der Waals surface area (Å²) < 4.78 is 33.3. The second-order valence-corrected chi connectivity index (χ2v) is 6.66. The molecule has 0 aromatic heterocycles. The molecule has 1 aromatic carbocycles. The Hall–Kier alpha value is -1.47. The Morgan fingerprint density at radius 3 is 2.38 bits per heavy atom. The number of hydrogen-bond donors (Lipinski definition) is 0. The molecule has 114 valence electrons. The lowest BCUT2D eigenvalue weighted by Gasteiger charge is -2.05. The van der Waals surface area contributed by atoms with E-state index in [1.54, 1.807) is 19.1 Å². The van der Waals surface area contributed by atoms with Gasteiger partial charge in [0.2, 0.25) is 5.90 Å². The number of sulfonamides is 1. The van der Waals surface area contributed by atoms with E-state index in [0.29, 0.717) is 0 Å². The van der Waals surface area contributed by atoms with E-state index >= 15 is 0 Å². The topological polar surface area (TPSA) is 72.8 Å². The van der Waals surface area contributed by atoms with Gasteiger partial charge in [0.25, 0.3) is 10.0 Å². The van der Waals surface area contributed by atoms with Gasteiger partial charge in [-0.3, -0.25) is 4.79 Å². The number of ketones is 1. The number of allylic oxidation sites excluding steroid dienone is 1. The summed E-state index contributed by atoms with van der Waals surface area (Å²) in [4.78, 5) is 11.2. The molecule has 0 unspecified atom stereocenters. The van der Waals surface area contributed by atoms with Gasteiger partial charge in [-0.1, -0.05) is 17.7 Å². The number of carbonyl (C=O) groups is 1. The molecule has 0 bridgehead atoms. The molecule has 0 radical (unpaired) electrons. The van der Waals surface area contributed by atoms with Crippen LogP contribution in [0.25, 0.3) is 0 Å². The summed E-state index contributed by atoms with van der Waals surface area (Å²) in [7, 11) is -3.88. The molecule has 0 heterocycles. The van der Waals surface area contributed by atoms with Crippen molar-refractivity contribution in [1.29, 1.82) is 0 Å². The fourth-order valence-electron chi connectivity index (χ4n) is 1.33. The average Bonchev–Trinajstić information content (AvgIpc) is 2.38. The molecule has 0 fully saturated rings. The summed E-state index contributed by atoms with van der Waals surface area (Å²) in [6.45, 7) is 5.14. The van der Waals surface area contributed by atoms with Gasteiger partial charge in [0.05, 0.1) is 16.0 Å². The lowest BCUT2D eigenvalue weighted by molar-refractivity contribution is -0.112. The fraction of sp³-hybridized carbons (Fsp3) is 0.286. The molecule has 0 spiro atoms. The van der Waals surface area contributed by atoms with Crippen molar-refractivity contribution in [3.8, 4) is 0 Å². The Balaban J connectivity index is 3.23. The minimum absolute atomic E-state index is 0.0673. The minimum Gasteiger partial charge on any atom is -0.477 e. The van der Waals surface area contributed by atoms with Crippen LogP contribution in [0.5, 0.6) is 0 Å². The second kappa shape index (κ2) is 7.51. The molecule has 0 saturated carbocycles. The van der Waals surface area contributed by atoms with E-state index in [1.807, 2.05) is 6.92 Å². The SMILES string of the molecule is CCOC(/C=C(/Br)C(C)=O)=N/S(=O)(=O)c1ccc(C)cc1. The third kappa shape index (κ3) is 5.43. The quantitative estimate of drug-likeness (QED) is 0.451. The molecule has 0 aliphatic heterocycles. The highest BCUT2D eigenvalue weighted by atomic mass is 79.9. The van der Waals surface area contributed by atoms with E-state index in [1.165, 1.54) is 25.1 Å². The predicted molar refractivity (Wildman–Crippen MR) is 85.1 cm³/mol. The number of carbonyl (C=O) groups excluding carboxylic acids is 1. The number of Topliss-reactive ketones (excluding diaryl/α,β-unsaturated/α-hetero) is 1. The van der Waals surface area contributed by atoms with Gasteiger partial charge in [-0.2, -0.15) is 8.42 Å². The molecule has 5 nitrogen and oxygen atoms in total. The van der Waals surface area contributed by atoms with Crippen molar-refractivity contribution in [2.75, 3.05) is 6.61 Å². The van der Waals surface area contributed by atoms with Crippen LogP contribution in [-0.2, 0) is 19.6 Å². The van der Waals surface area contributed by atoms with Crippen molar-refractivity contribution in [1.82, 2.24) is 0 Å². The first-order valence-corrected chi connectivity index (χ1v) is 8.42. The van der Waals surface area contributed by atoms with E-state index in [9.17, 15) is 13.2 Å². The molecule has 21 heavy (non-hydrogen) atoms. The number of aryl methyl sites for hydroxylation is 1. The minimum atomic E-state index is -3.88. The van der Waals surface area contributed by atoms with Crippen molar-refractivity contribution >= 4 is 37.6 Å². The van der Waals surface area contributed by atoms with E-state index < -0.39 is 10.0 Å². The smallest absolute Gasteiger partial charge is 0.285 e. The van der Waals surface area contributed by atoms with Gasteiger partial charge in [0.1, 0.15) is 0 Å². The zero-order chi connectivity index (χ0) is 16.0. The summed E-state index contributed by atoms with van der Waals surface area (Å²) in [6, 6.07) is 6.32. The third-order valence-electron chi connectivity index (χ3n) is 2.41. The van der Waals surface area contributed by atoms with Crippen molar-refractivity contribution in [3.63, 3.8) is 0 Å². The van der Waals surface area contributed by atoms with Crippen LogP contribution in [0.15, 0.2) is 44.1 Å². The van der Waals surface area contributed by atoms with Crippen molar-refractivity contribution < 1.29 is 17.9 Å². The Morgan fingerprint density at radius 1 is 1.33 bits per heavy atom. The van der Waals surface area contributed by atoms with Gasteiger partial charge in [-0.05, 0) is 48.8 Å². The average molecular weight is 374 g/mol. The predicted octanol–water partition coefficient (Wildman–Crippen LogP) is 2.99. The standard InChI is InChI=1S/C14H16BrNO4S/c1-4-20-14(9-13(15)11(3)17)16-21(18,19)12-7-5-10(2)6-8-12/h5-9H,4H2,1-3H3/b13-9+,16-14+. The summed E-state index contributed by atoms with van der Waals surface area (Å²) in [5.41, 5.74) is 0.946. The van der Waals surface area contributed by atoms with Gasteiger partial charge < -0.3 is 4.74 Å². The first-order valence-electron chi connectivity index (χ1n) is 6.19. The lowest BCUT2D eigenvalue weighted by Crippen LogP contribution is -2.08. The van der Waals surface area contributed by atoms with Gasteiger partial charge in [0.15, 0.2) is 5.78 Å². The van der Waals surface area contributed by atoms with Crippen LogP contribution in [0.4, 0.5) is 0 Å². The van der Waals surface area contributed by atoms with Crippen molar-refractivity contribution in [2.24, 2.45) is 4.40 Å². The maximum atomic E-state index is 12.2. The molecule has 7 heteroatoms. The monoisotopic (exact) mass is 373 g/mol. The Kier molecular flexibility index (Phi) is 6.29. The van der Waals surface area contributed by atoms with Crippen LogP contribution in [0.3, 0.4) is 0 Å². The molecule has 0 aliphatic rings. The number of ether oxygens (including phenoxy) is 1. The van der Waals surface area contributed by atoms with E-state index in [-0.39, 0.29) is 27.7 Å². The van der Waals surface area contributed by atoms with E-state index in [2.05, 4.69) is 20.3 Å². The van der Waals surface area contributed by atoms with Crippen LogP contribution >= 0.6 is 15.9 Å². The lowest BCUT2D eigenvalue weighted by atomic mass is 10.2. The van der Waals surface area contributed by atoms with E-state index in [4.69, 9.17) is 4.74 Å². The summed E-state index contributed by atoms with van der Waals surface area (Å²) in [5, 5.41) is 0. The Morgan fingerprint density at radius 2 is 1.90 bits per heavy atom. The first-order chi connectivity index (χ1) is 9.76. The van der Waals surface area contributed by atoms with Gasteiger partial charge in [-0.25, -0.2) is 0 Å². The van der Waals surface area contributed by atoms with Crippen molar-refractivity contribution in [3.05, 3.63) is 40.4 Å². The van der Waals surface area contributed by atoms with Crippen LogP contribution in [0.2, 0.25) is 0 Å². The number of halogens is 1. The maximum Gasteiger partial charge on any atom is 0.285 e. The molecule has 0 saturated heterocycles. The summed E-state index contributed by atoms with van der Waals surface area (Å²) in [6.07, 6.45) is 1.25. The molecule has 0 aliphatic carbocycles. The fourth-order valence-corrected chi connectivity index (χ4v) is 2.46. The summed E-state index contributed by atoms with van der Waals surface area (Å²) in [5.74, 6) is -0.393. The number of rotatable bonds is 5. The zero-order valence-electron chi connectivity index (χ0n) is 12.0. The second-order valence-electron chi connectivity index (χ2n) is 4.20. The molecule has 0 atom stereocenters. The normalized spacial score (nSPS) is 13.1. The van der Waals surface area contributed by atoms with Crippen LogP contribution in [-0.4, -0.2) is 26.7 Å². The highest BCUT2D eigenvalue weighted by molar-refractivity contribution is 9.12. The molecule has 0 amide bonds. The molecular weight excluding hydrogens is 358 g/mol. The van der Waals surface area contributed by atoms with Crippen LogP contribution in [0, 0.1) is 6.92 Å². The third-order valence-corrected chi connectivity index (χ3v) is 4.48. The number of nitrogens with zero attached hydrogens (tertiary/aromatic N) is 1. The number of benzene rings is 1. The van der Waals surface area contributed by atoms with Crippen LogP contribution in [0.1, 0.15) is 19.4 Å². The first kappa shape index (κ1) is 17.6. The largest absolute Gasteiger partial charge is 0.477 e. The van der Waals surface area contributed by atoms with Gasteiger partial charge >= 0.3 is 0 Å². The summed E-state index contributed by atoms with van der Waals surface area (Å²) >= 11 is 3.04.